The Kier molecular flexibility index (Phi) is 7.53. The van der Waals surface area contributed by atoms with E-state index in [1.165, 1.54) is 0 Å². The van der Waals surface area contributed by atoms with Gasteiger partial charge in [0.2, 0.25) is 21.8 Å². The van der Waals surface area contributed by atoms with Crippen molar-refractivity contribution >= 4 is 27.5 Å². The Balaban J connectivity index is 2.75. The molecule has 25 heavy (non-hydrogen) atoms. The van der Waals surface area contributed by atoms with Gasteiger partial charge in [0.1, 0.15) is 18.0 Å². The molecule has 0 bridgehead atoms. The molecule has 0 radical (unpaired) electrons. The number of hydrogen-bond acceptors (Lipinski definition) is 5. The van der Waals surface area contributed by atoms with Gasteiger partial charge in [0, 0.05) is 12.2 Å². The van der Waals surface area contributed by atoms with Crippen molar-refractivity contribution < 1.29 is 22.7 Å². The van der Waals surface area contributed by atoms with Gasteiger partial charge in [-0.15, -0.1) is 0 Å². The largest absolute Gasteiger partial charge is 0.368 e. The summed E-state index contributed by atoms with van der Waals surface area (Å²) in [4.78, 5) is 22.2. The number of ether oxygens (including phenoxy) is 1. The molecular formula is C16H25N3O5S. The van der Waals surface area contributed by atoms with Crippen LogP contribution in [0, 0.1) is 0 Å². The van der Waals surface area contributed by atoms with Crippen molar-refractivity contribution in [3.8, 4) is 0 Å². The molecule has 2 amide bonds. The van der Waals surface area contributed by atoms with Crippen LogP contribution in [0.5, 0.6) is 0 Å². The molecule has 0 aromatic heterocycles. The summed E-state index contributed by atoms with van der Waals surface area (Å²) in [5.74, 6) is -1.09. The summed E-state index contributed by atoms with van der Waals surface area (Å²) in [6.45, 7) is 4.88. The monoisotopic (exact) mass is 371 g/mol. The smallest absolute Gasteiger partial charge is 0.250 e. The van der Waals surface area contributed by atoms with Gasteiger partial charge >= 0.3 is 0 Å². The van der Waals surface area contributed by atoms with Crippen LogP contribution in [-0.4, -0.2) is 40.0 Å². The van der Waals surface area contributed by atoms with Crippen molar-refractivity contribution in [2.24, 2.45) is 5.73 Å². The Morgan fingerprint density at radius 1 is 1.16 bits per heavy atom. The zero-order valence-electron chi connectivity index (χ0n) is 14.7. The Morgan fingerprint density at radius 2 is 1.76 bits per heavy atom. The summed E-state index contributed by atoms with van der Waals surface area (Å²) < 4.78 is 31.1. The average Bonchev–Trinajstić information content (AvgIpc) is 2.53. The Morgan fingerprint density at radius 3 is 2.28 bits per heavy atom. The third-order valence-electron chi connectivity index (χ3n) is 3.56. The van der Waals surface area contributed by atoms with Crippen LogP contribution in [0.2, 0.25) is 0 Å². The summed E-state index contributed by atoms with van der Waals surface area (Å²) in [6.07, 6.45) is 0.706. The molecule has 0 atom stereocenters. The van der Waals surface area contributed by atoms with Crippen LogP contribution < -0.4 is 15.8 Å². The predicted octanol–water partition coefficient (Wildman–Crippen LogP) is 0.692. The molecule has 0 saturated carbocycles. The summed E-state index contributed by atoms with van der Waals surface area (Å²) in [6, 6.07) is 6.51. The van der Waals surface area contributed by atoms with Crippen LogP contribution in [0.1, 0.15) is 32.8 Å². The molecule has 0 aliphatic carbocycles. The van der Waals surface area contributed by atoms with Crippen LogP contribution >= 0.6 is 0 Å². The molecule has 1 aromatic carbocycles. The maximum Gasteiger partial charge on any atom is 0.250 e. The predicted molar refractivity (Wildman–Crippen MR) is 95.3 cm³/mol. The second-order valence-electron chi connectivity index (χ2n) is 5.99. The molecule has 0 aliphatic heterocycles. The van der Waals surface area contributed by atoms with E-state index in [9.17, 15) is 18.0 Å². The molecule has 0 unspecified atom stereocenters. The lowest BCUT2D eigenvalue weighted by Gasteiger charge is -2.25. The quantitative estimate of drug-likeness (QED) is 0.557. The molecule has 9 heteroatoms. The highest BCUT2D eigenvalue weighted by Gasteiger charge is 2.35. The van der Waals surface area contributed by atoms with Crippen LogP contribution in [-0.2, 0) is 29.1 Å². The van der Waals surface area contributed by atoms with E-state index in [4.69, 9.17) is 10.5 Å². The van der Waals surface area contributed by atoms with Gasteiger partial charge in [0.15, 0.2) is 0 Å². The molecule has 4 N–H and O–H groups in total. The fourth-order valence-electron chi connectivity index (χ4n) is 1.97. The van der Waals surface area contributed by atoms with E-state index in [2.05, 4.69) is 10.0 Å². The first-order valence-corrected chi connectivity index (χ1v) is 9.34. The average molecular weight is 371 g/mol. The van der Waals surface area contributed by atoms with Crippen LogP contribution in [0.3, 0.4) is 0 Å². The van der Waals surface area contributed by atoms with Gasteiger partial charge in [-0.25, -0.2) is 13.1 Å². The number of primary amides is 1. The molecular weight excluding hydrogens is 346 g/mol. The normalized spacial score (nSPS) is 12.0. The minimum Gasteiger partial charge on any atom is -0.368 e. The standard InChI is InChI=1S/C16H25N3O5S/c1-4-9-18-25(22,23)16(2,3)12-5-7-13(8-6-12)19-15(21)11-24-10-14(17)20/h5-8,18H,4,9-11H2,1-3H3,(H2,17,20)(H,19,21). The van der Waals surface area contributed by atoms with Gasteiger partial charge in [-0.3, -0.25) is 9.59 Å². The first-order chi connectivity index (χ1) is 11.6. The summed E-state index contributed by atoms with van der Waals surface area (Å²) in [7, 11) is -3.53. The van der Waals surface area contributed by atoms with Crippen molar-refractivity contribution in [3.63, 3.8) is 0 Å². The third-order valence-corrected chi connectivity index (χ3v) is 5.72. The minimum atomic E-state index is -3.53. The molecule has 8 nitrogen and oxygen atoms in total. The lowest BCUT2D eigenvalue weighted by atomic mass is 10.0. The number of benzene rings is 1. The highest BCUT2D eigenvalue weighted by molar-refractivity contribution is 7.90. The van der Waals surface area contributed by atoms with Crippen molar-refractivity contribution in [1.29, 1.82) is 0 Å². The summed E-state index contributed by atoms with van der Waals surface area (Å²) in [5.41, 5.74) is 5.99. The lowest BCUT2D eigenvalue weighted by molar-refractivity contribution is -0.126. The molecule has 0 saturated heterocycles. The van der Waals surface area contributed by atoms with Crippen molar-refractivity contribution in [1.82, 2.24) is 4.72 Å². The maximum absolute atomic E-state index is 12.4. The first-order valence-electron chi connectivity index (χ1n) is 7.85. The second kappa shape index (κ2) is 8.93. The molecule has 0 heterocycles. The second-order valence-corrected chi connectivity index (χ2v) is 8.31. The van der Waals surface area contributed by atoms with Crippen molar-refractivity contribution in [2.75, 3.05) is 25.1 Å². The third kappa shape index (κ3) is 6.11. The zero-order valence-corrected chi connectivity index (χ0v) is 15.5. The number of sulfonamides is 1. The Bertz CT molecular complexity index is 699. The van der Waals surface area contributed by atoms with Gasteiger partial charge in [0.05, 0.1) is 0 Å². The van der Waals surface area contributed by atoms with E-state index in [0.29, 0.717) is 24.2 Å². The number of carbonyl (C=O) groups is 2. The number of hydrogen-bond donors (Lipinski definition) is 3. The lowest BCUT2D eigenvalue weighted by Crippen LogP contribution is -2.40. The Labute approximate surface area is 148 Å². The van der Waals surface area contributed by atoms with Crippen molar-refractivity contribution in [3.05, 3.63) is 29.8 Å². The fourth-order valence-corrected chi connectivity index (χ4v) is 3.25. The summed E-state index contributed by atoms with van der Waals surface area (Å²) >= 11 is 0. The van der Waals surface area contributed by atoms with E-state index < -0.39 is 26.6 Å². The molecule has 0 spiro atoms. The van der Waals surface area contributed by atoms with E-state index >= 15 is 0 Å². The molecule has 140 valence electrons. The highest BCUT2D eigenvalue weighted by Crippen LogP contribution is 2.29. The van der Waals surface area contributed by atoms with E-state index in [1.54, 1.807) is 38.1 Å². The van der Waals surface area contributed by atoms with E-state index in [0.717, 1.165) is 0 Å². The maximum atomic E-state index is 12.4. The highest BCUT2D eigenvalue weighted by atomic mass is 32.2. The Hall–Kier alpha value is -1.97. The topological polar surface area (TPSA) is 128 Å². The number of nitrogens with one attached hydrogen (secondary N) is 2. The van der Waals surface area contributed by atoms with Crippen LogP contribution in [0.25, 0.3) is 0 Å². The molecule has 1 rings (SSSR count). The van der Waals surface area contributed by atoms with E-state index in [1.807, 2.05) is 6.92 Å². The first kappa shape index (κ1) is 21.1. The molecule has 0 fully saturated rings. The number of carbonyl (C=O) groups excluding carboxylic acids is 2. The number of amides is 2. The van der Waals surface area contributed by atoms with Crippen molar-refractivity contribution in [2.45, 2.75) is 31.9 Å². The fraction of sp³-hybridized carbons (Fsp3) is 0.500. The molecule has 0 aliphatic rings. The SMILES string of the molecule is CCCNS(=O)(=O)C(C)(C)c1ccc(NC(=O)COCC(N)=O)cc1. The minimum absolute atomic E-state index is 0.300. The van der Waals surface area contributed by atoms with Gasteiger partial charge in [-0.2, -0.15) is 0 Å². The van der Waals surface area contributed by atoms with Crippen LogP contribution in [0.15, 0.2) is 24.3 Å². The van der Waals surface area contributed by atoms with Crippen LogP contribution in [0.4, 0.5) is 5.69 Å². The summed E-state index contributed by atoms with van der Waals surface area (Å²) in [5, 5.41) is 2.59. The van der Waals surface area contributed by atoms with Gasteiger partial charge in [-0.1, -0.05) is 19.1 Å². The number of anilines is 1. The number of nitrogens with two attached hydrogens (primary N) is 1. The van der Waals surface area contributed by atoms with Gasteiger partial charge in [-0.05, 0) is 38.0 Å². The zero-order chi connectivity index (χ0) is 19.1. The number of rotatable bonds is 10. The molecule has 1 aromatic rings. The van der Waals surface area contributed by atoms with Gasteiger partial charge in [0.25, 0.3) is 0 Å². The van der Waals surface area contributed by atoms with Gasteiger partial charge < -0.3 is 15.8 Å². The van der Waals surface area contributed by atoms with E-state index in [-0.39, 0.29) is 13.2 Å².